The second-order valence-corrected chi connectivity index (χ2v) is 9.97. The fourth-order valence-electron chi connectivity index (χ4n) is 4.47. The highest BCUT2D eigenvalue weighted by Gasteiger charge is 2.31. The molecule has 7 nitrogen and oxygen atoms in total. The first kappa shape index (κ1) is 27.0. The van der Waals surface area contributed by atoms with Crippen LogP contribution in [0.25, 0.3) is 22.1 Å². The summed E-state index contributed by atoms with van der Waals surface area (Å²) in [5.74, 6) is -1.95. The third kappa shape index (κ3) is 6.34. The summed E-state index contributed by atoms with van der Waals surface area (Å²) in [6.45, 7) is 1.97. The number of phenols is 1. The lowest BCUT2D eigenvalue weighted by Gasteiger charge is -2.27. The molecule has 0 aliphatic carbocycles. The average molecular weight is 556 g/mol. The van der Waals surface area contributed by atoms with E-state index in [2.05, 4.69) is 0 Å². The number of aromatic hydroxyl groups is 1. The van der Waals surface area contributed by atoms with E-state index in [9.17, 15) is 19.8 Å². The number of carbonyl (C=O) groups excluding carboxylic acids is 1. The average Bonchev–Trinajstić information content (AvgIpc) is 3.36. The van der Waals surface area contributed by atoms with Gasteiger partial charge >= 0.3 is 11.9 Å². The minimum Gasteiger partial charge on any atom is -0.508 e. The number of carbonyl (C=O) groups is 2. The standard InChI is InChI=1S/C32H26ClNO6/c1-20-3-2-4-22(15-20)19-34(28(31(36)37)16-21-5-13-27(35)14-6-21)40-32(38)30-18-25-8-7-24(17-29(25)39-30)23-9-11-26(33)12-10-23/h2-15,17-18,28,35H,16,19H2,1H3,(H,36,37)/t28-/m0/s1. The molecule has 0 saturated carbocycles. The molecule has 1 atom stereocenters. The maximum Gasteiger partial charge on any atom is 0.393 e. The van der Waals surface area contributed by atoms with Gasteiger partial charge in [0.15, 0.2) is 0 Å². The summed E-state index contributed by atoms with van der Waals surface area (Å²) in [6, 6.07) is 27.1. The summed E-state index contributed by atoms with van der Waals surface area (Å²) in [5.41, 5.74) is 4.75. The van der Waals surface area contributed by atoms with Crippen molar-refractivity contribution in [3.05, 3.63) is 125 Å². The summed E-state index contributed by atoms with van der Waals surface area (Å²) >= 11 is 6.01. The Kier molecular flexibility index (Phi) is 7.86. The zero-order chi connectivity index (χ0) is 28.2. The van der Waals surface area contributed by atoms with E-state index in [0.29, 0.717) is 21.6 Å². The van der Waals surface area contributed by atoms with E-state index in [1.54, 1.807) is 30.3 Å². The number of benzene rings is 4. The van der Waals surface area contributed by atoms with Gasteiger partial charge in [-0.05, 0) is 65.6 Å². The first-order valence-corrected chi connectivity index (χ1v) is 13.0. The van der Waals surface area contributed by atoms with E-state index in [4.69, 9.17) is 20.9 Å². The quantitative estimate of drug-likeness (QED) is 0.188. The van der Waals surface area contributed by atoms with Gasteiger partial charge in [-0.3, -0.25) is 4.79 Å². The molecule has 5 rings (SSSR count). The number of fused-ring (bicyclic) bond motifs is 1. The van der Waals surface area contributed by atoms with E-state index in [0.717, 1.165) is 22.3 Å². The molecule has 0 fully saturated rings. The number of hydrogen-bond donors (Lipinski definition) is 2. The molecule has 5 aromatic rings. The van der Waals surface area contributed by atoms with Crippen LogP contribution >= 0.6 is 11.6 Å². The third-order valence-corrected chi connectivity index (χ3v) is 6.77. The van der Waals surface area contributed by atoms with Gasteiger partial charge < -0.3 is 19.5 Å². The molecule has 0 spiro atoms. The van der Waals surface area contributed by atoms with E-state index in [1.807, 2.05) is 61.5 Å². The zero-order valence-corrected chi connectivity index (χ0v) is 22.3. The molecule has 0 amide bonds. The Bertz CT molecular complexity index is 1660. The number of carboxylic acid groups (broad SMARTS) is 1. The number of carboxylic acids is 1. The molecule has 40 heavy (non-hydrogen) atoms. The van der Waals surface area contributed by atoms with Gasteiger partial charge in [-0.1, -0.05) is 77.8 Å². The van der Waals surface area contributed by atoms with Crippen molar-refractivity contribution in [2.75, 3.05) is 0 Å². The molecule has 202 valence electrons. The Balaban J connectivity index is 1.43. The molecule has 2 N–H and O–H groups in total. The molecule has 0 unspecified atom stereocenters. The first-order valence-electron chi connectivity index (χ1n) is 12.6. The van der Waals surface area contributed by atoms with Gasteiger partial charge in [0.25, 0.3) is 0 Å². The summed E-state index contributed by atoms with van der Waals surface area (Å²) < 4.78 is 5.86. The predicted octanol–water partition coefficient (Wildman–Crippen LogP) is 7.04. The minimum absolute atomic E-state index is 0.0410. The van der Waals surface area contributed by atoms with Crippen molar-refractivity contribution in [1.29, 1.82) is 0 Å². The molecule has 8 heteroatoms. The number of hydroxylamine groups is 2. The Hall–Kier alpha value is -4.59. The van der Waals surface area contributed by atoms with Crippen LogP contribution in [0.5, 0.6) is 5.75 Å². The summed E-state index contributed by atoms with van der Waals surface area (Å²) in [4.78, 5) is 31.4. The lowest BCUT2D eigenvalue weighted by Crippen LogP contribution is -2.43. The van der Waals surface area contributed by atoms with Crippen LogP contribution in [0.4, 0.5) is 0 Å². The molecular weight excluding hydrogens is 530 g/mol. The molecule has 0 aliphatic heterocycles. The molecule has 4 aromatic carbocycles. The van der Waals surface area contributed by atoms with Crippen LogP contribution in [-0.4, -0.2) is 33.3 Å². The van der Waals surface area contributed by atoms with Gasteiger partial charge in [0.2, 0.25) is 5.76 Å². The molecule has 0 radical (unpaired) electrons. The van der Waals surface area contributed by atoms with Crippen molar-refractivity contribution in [1.82, 2.24) is 5.06 Å². The van der Waals surface area contributed by atoms with Crippen LogP contribution in [0.3, 0.4) is 0 Å². The summed E-state index contributed by atoms with van der Waals surface area (Å²) in [5, 5.41) is 22.2. The van der Waals surface area contributed by atoms with Gasteiger partial charge in [0.05, 0.1) is 6.54 Å². The molecular formula is C32H26ClNO6. The van der Waals surface area contributed by atoms with Crippen molar-refractivity contribution in [2.45, 2.75) is 25.9 Å². The van der Waals surface area contributed by atoms with E-state index in [1.165, 1.54) is 17.2 Å². The van der Waals surface area contributed by atoms with Crippen LogP contribution in [0.2, 0.25) is 5.02 Å². The first-order chi connectivity index (χ1) is 19.2. The number of aryl methyl sites for hydroxylation is 1. The van der Waals surface area contributed by atoms with Crippen molar-refractivity contribution in [3.63, 3.8) is 0 Å². The molecule has 0 bridgehead atoms. The zero-order valence-electron chi connectivity index (χ0n) is 21.6. The molecule has 1 heterocycles. The highest BCUT2D eigenvalue weighted by molar-refractivity contribution is 6.30. The smallest absolute Gasteiger partial charge is 0.393 e. The second-order valence-electron chi connectivity index (χ2n) is 9.54. The normalized spacial score (nSPS) is 12.0. The maximum absolute atomic E-state index is 13.3. The van der Waals surface area contributed by atoms with Gasteiger partial charge in [0, 0.05) is 16.8 Å². The van der Waals surface area contributed by atoms with Crippen LogP contribution in [0, 0.1) is 6.92 Å². The Morgan fingerprint density at radius 2 is 1.62 bits per heavy atom. The second kappa shape index (κ2) is 11.7. The van der Waals surface area contributed by atoms with Crippen LogP contribution in [-0.2, 0) is 22.6 Å². The van der Waals surface area contributed by atoms with E-state index >= 15 is 0 Å². The van der Waals surface area contributed by atoms with Crippen molar-refractivity contribution in [2.24, 2.45) is 0 Å². The molecule has 0 aliphatic rings. The van der Waals surface area contributed by atoms with Crippen LogP contribution in [0.1, 0.15) is 27.2 Å². The lowest BCUT2D eigenvalue weighted by atomic mass is 10.0. The monoisotopic (exact) mass is 555 g/mol. The SMILES string of the molecule is Cc1cccc(CN(OC(=O)c2cc3ccc(-c4ccc(Cl)cc4)cc3o2)[C@@H](Cc2ccc(O)cc2)C(=O)O)c1. The predicted molar refractivity (Wildman–Crippen MR) is 152 cm³/mol. The van der Waals surface area contributed by atoms with Gasteiger partial charge in [0.1, 0.15) is 17.4 Å². The lowest BCUT2D eigenvalue weighted by molar-refractivity contribution is -0.175. The largest absolute Gasteiger partial charge is 0.508 e. The maximum atomic E-state index is 13.3. The van der Waals surface area contributed by atoms with Gasteiger partial charge in [-0.25, -0.2) is 4.79 Å². The fourth-order valence-corrected chi connectivity index (χ4v) is 4.60. The van der Waals surface area contributed by atoms with E-state index < -0.39 is 18.0 Å². The molecule has 1 aromatic heterocycles. The number of aliphatic carboxylic acids is 1. The Morgan fingerprint density at radius 1 is 0.900 bits per heavy atom. The minimum atomic E-state index is -1.20. The van der Waals surface area contributed by atoms with Gasteiger partial charge in [-0.15, -0.1) is 5.06 Å². The van der Waals surface area contributed by atoms with Crippen molar-refractivity contribution >= 4 is 34.5 Å². The van der Waals surface area contributed by atoms with Crippen molar-refractivity contribution < 1.29 is 29.1 Å². The number of nitrogens with zero attached hydrogens (tertiary/aromatic N) is 1. The molecule has 0 saturated heterocycles. The van der Waals surface area contributed by atoms with E-state index in [-0.39, 0.29) is 24.5 Å². The summed E-state index contributed by atoms with van der Waals surface area (Å²) in [7, 11) is 0. The van der Waals surface area contributed by atoms with Crippen molar-refractivity contribution in [3.8, 4) is 16.9 Å². The van der Waals surface area contributed by atoms with Crippen LogP contribution in [0.15, 0.2) is 101 Å². The highest BCUT2D eigenvalue weighted by atomic mass is 35.5. The Labute approximate surface area is 235 Å². The number of furan rings is 1. The number of phenolic OH excluding ortho intramolecular Hbond substituents is 1. The third-order valence-electron chi connectivity index (χ3n) is 6.52. The highest BCUT2D eigenvalue weighted by Crippen LogP contribution is 2.28. The number of rotatable bonds is 9. The fraction of sp³-hybridized carbons (Fsp3) is 0.125. The summed E-state index contributed by atoms with van der Waals surface area (Å²) in [6.07, 6.45) is 0.0410. The number of hydrogen-bond acceptors (Lipinski definition) is 6. The van der Waals surface area contributed by atoms with Gasteiger partial charge in [-0.2, -0.15) is 0 Å². The van der Waals surface area contributed by atoms with Crippen LogP contribution < -0.4 is 0 Å². The number of halogens is 1. The Morgan fingerprint density at radius 3 is 2.33 bits per heavy atom. The topological polar surface area (TPSA) is 100 Å².